The van der Waals surface area contributed by atoms with Gasteiger partial charge in [0, 0.05) is 30.6 Å². The van der Waals surface area contributed by atoms with Gasteiger partial charge < -0.3 is 10.0 Å². The van der Waals surface area contributed by atoms with Crippen molar-refractivity contribution >= 4 is 5.91 Å². The summed E-state index contributed by atoms with van der Waals surface area (Å²) >= 11 is 0. The van der Waals surface area contributed by atoms with Crippen molar-refractivity contribution in [3.63, 3.8) is 0 Å². The van der Waals surface area contributed by atoms with E-state index in [2.05, 4.69) is 0 Å². The van der Waals surface area contributed by atoms with Crippen LogP contribution in [0.15, 0.2) is 18.2 Å². The third-order valence-corrected chi connectivity index (χ3v) is 3.61. The fourth-order valence-corrected chi connectivity index (χ4v) is 2.47. The molecule has 0 bridgehead atoms. The summed E-state index contributed by atoms with van der Waals surface area (Å²) in [5.41, 5.74) is 0.0174. The Morgan fingerprint density at radius 1 is 1.37 bits per heavy atom. The van der Waals surface area contributed by atoms with E-state index in [4.69, 9.17) is 0 Å². The van der Waals surface area contributed by atoms with Gasteiger partial charge in [0.2, 0.25) is 0 Å². The lowest BCUT2D eigenvalue weighted by molar-refractivity contribution is 0.0228. The van der Waals surface area contributed by atoms with Crippen LogP contribution < -0.4 is 0 Å². The predicted octanol–water partition coefficient (Wildman–Crippen LogP) is 2.20. The van der Waals surface area contributed by atoms with Crippen LogP contribution in [0.5, 0.6) is 0 Å². The molecule has 1 saturated heterocycles. The van der Waals surface area contributed by atoms with Crippen molar-refractivity contribution in [3.05, 3.63) is 35.4 Å². The first kappa shape index (κ1) is 13.9. The number of hydrogen-bond acceptors (Lipinski definition) is 2. The maximum Gasteiger partial charge on any atom is 0.254 e. The molecule has 1 aliphatic rings. The third-order valence-electron chi connectivity index (χ3n) is 3.61. The summed E-state index contributed by atoms with van der Waals surface area (Å²) in [5, 5.41) is 9.77. The van der Waals surface area contributed by atoms with Gasteiger partial charge in [-0.25, -0.2) is 8.78 Å². The van der Waals surface area contributed by atoms with Gasteiger partial charge in [0.1, 0.15) is 11.6 Å². The molecule has 3 nitrogen and oxygen atoms in total. The minimum absolute atomic E-state index is 0.0174. The molecule has 2 atom stereocenters. The van der Waals surface area contributed by atoms with Crippen molar-refractivity contribution in [1.29, 1.82) is 0 Å². The van der Waals surface area contributed by atoms with E-state index in [9.17, 15) is 18.7 Å². The van der Waals surface area contributed by atoms with Crippen molar-refractivity contribution in [1.82, 2.24) is 4.90 Å². The van der Waals surface area contributed by atoms with Crippen LogP contribution in [0.25, 0.3) is 0 Å². The van der Waals surface area contributed by atoms with Crippen LogP contribution in [0, 0.1) is 17.6 Å². The average molecular weight is 269 g/mol. The molecule has 0 spiro atoms. The van der Waals surface area contributed by atoms with Gasteiger partial charge in [-0.05, 0) is 25.0 Å². The van der Waals surface area contributed by atoms with Gasteiger partial charge in [-0.15, -0.1) is 0 Å². The lowest BCUT2D eigenvalue weighted by Crippen LogP contribution is -2.45. The largest absolute Gasteiger partial charge is 0.393 e. The van der Waals surface area contributed by atoms with Crippen LogP contribution in [-0.4, -0.2) is 35.1 Å². The maximum atomic E-state index is 13.1. The second-order valence-electron chi connectivity index (χ2n) is 4.93. The smallest absolute Gasteiger partial charge is 0.254 e. The van der Waals surface area contributed by atoms with E-state index in [-0.39, 0.29) is 17.4 Å². The Balaban J connectivity index is 2.15. The number of carbonyl (C=O) groups is 1. The first-order valence-corrected chi connectivity index (χ1v) is 6.44. The molecule has 1 amide bonds. The first-order valence-electron chi connectivity index (χ1n) is 6.44. The molecule has 0 radical (unpaired) electrons. The summed E-state index contributed by atoms with van der Waals surface area (Å²) in [7, 11) is 0. The van der Waals surface area contributed by atoms with E-state index < -0.39 is 17.7 Å². The van der Waals surface area contributed by atoms with Gasteiger partial charge in [0.05, 0.1) is 6.10 Å². The Hall–Kier alpha value is -1.49. The van der Waals surface area contributed by atoms with Crippen LogP contribution in [-0.2, 0) is 0 Å². The minimum Gasteiger partial charge on any atom is -0.393 e. The lowest BCUT2D eigenvalue weighted by Gasteiger charge is -2.35. The van der Waals surface area contributed by atoms with Crippen molar-refractivity contribution < 1.29 is 18.7 Å². The molecule has 1 aromatic rings. The SMILES string of the molecule is CCC1CN(C(=O)c2cc(F)cc(F)c2)CCC1O. The van der Waals surface area contributed by atoms with Crippen molar-refractivity contribution in [2.75, 3.05) is 13.1 Å². The van der Waals surface area contributed by atoms with Gasteiger partial charge in [-0.1, -0.05) is 6.92 Å². The Labute approximate surface area is 110 Å². The van der Waals surface area contributed by atoms with Gasteiger partial charge in [0.15, 0.2) is 0 Å². The number of nitrogens with zero attached hydrogens (tertiary/aromatic N) is 1. The lowest BCUT2D eigenvalue weighted by atomic mass is 9.92. The highest BCUT2D eigenvalue weighted by atomic mass is 19.1. The molecule has 0 aromatic heterocycles. The van der Waals surface area contributed by atoms with Crippen molar-refractivity contribution in [3.8, 4) is 0 Å². The molecule has 0 saturated carbocycles. The molecular weight excluding hydrogens is 252 g/mol. The quantitative estimate of drug-likeness (QED) is 0.894. The fraction of sp³-hybridized carbons (Fsp3) is 0.500. The summed E-state index contributed by atoms with van der Waals surface area (Å²) in [6, 6.07) is 2.82. The van der Waals surface area contributed by atoms with Crippen LogP contribution in [0.3, 0.4) is 0 Å². The number of halogens is 2. The second kappa shape index (κ2) is 5.65. The molecule has 2 unspecified atom stereocenters. The van der Waals surface area contributed by atoms with E-state index in [1.807, 2.05) is 6.92 Å². The second-order valence-corrected chi connectivity index (χ2v) is 4.93. The number of aliphatic hydroxyl groups excluding tert-OH is 1. The molecular formula is C14H17F2NO2. The fourth-order valence-electron chi connectivity index (χ4n) is 2.47. The van der Waals surface area contributed by atoms with E-state index >= 15 is 0 Å². The van der Waals surface area contributed by atoms with Crippen LogP contribution in [0.1, 0.15) is 30.1 Å². The molecule has 2 rings (SSSR count). The molecule has 1 fully saturated rings. The third kappa shape index (κ3) is 3.10. The molecule has 19 heavy (non-hydrogen) atoms. The number of benzene rings is 1. The first-order chi connectivity index (χ1) is 9.01. The summed E-state index contributed by atoms with van der Waals surface area (Å²) < 4.78 is 26.2. The zero-order chi connectivity index (χ0) is 14.0. The van der Waals surface area contributed by atoms with Gasteiger partial charge in [-0.2, -0.15) is 0 Å². The van der Waals surface area contributed by atoms with E-state index in [1.54, 1.807) is 4.90 Å². The number of aliphatic hydroxyl groups is 1. The molecule has 0 aliphatic carbocycles. The number of carbonyl (C=O) groups excluding carboxylic acids is 1. The van der Waals surface area contributed by atoms with E-state index in [0.29, 0.717) is 19.5 Å². The minimum atomic E-state index is -0.757. The number of likely N-dealkylation sites (tertiary alicyclic amines) is 1. The van der Waals surface area contributed by atoms with Crippen LogP contribution in [0.4, 0.5) is 8.78 Å². The number of piperidine rings is 1. The van der Waals surface area contributed by atoms with Gasteiger partial charge >= 0.3 is 0 Å². The molecule has 104 valence electrons. The highest BCUT2D eigenvalue weighted by molar-refractivity contribution is 5.94. The highest BCUT2D eigenvalue weighted by Gasteiger charge is 2.29. The van der Waals surface area contributed by atoms with Crippen LogP contribution >= 0.6 is 0 Å². The van der Waals surface area contributed by atoms with E-state index in [1.165, 1.54) is 0 Å². The monoisotopic (exact) mass is 269 g/mol. The molecule has 1 heterocycles. The Morgan fingerprint density at radius 2 is 2.00 bits per heavy atom. The van der Waals surface area contributed by atoms with Crippen LogP contribution in [0.2, 0.25) is 0 Å². The summed E-state index contributed by atoms with van der Waals surface area (Å²) in [6.45, 7) is 2.78. The molecule has 5 heteroatoms. The number of rotatable bonds is 2. The average Bonchev–Trinajstić information content (AvgIpc) is 2.37. The molecule has 1 N–H and O–H groups in total. The standard InChI is InChI=1S/C14H17F2NO2/c1-2-9-8-17(4-3-13(9)18)14(19)10-5-11(15)7-12(16)6-10/h5-7,9,13,18H,2-4,8H2,1H3. The molecule has 1 aromatic carbocycles. The highest BCUT2D eigenvalue weighted by Crippen LogP contribution is 2.22. The topological polar surface area (TPSA) is 40.5 Å². The van der Waals surface area contributed by atoms with Crippen molar-refractivity contribution in [2.24, 2.45) is 5.92 Å². The zero-order valence-corrected chi connectivity index (χ0v) is 10.8. The van der Waals surface area contributed by atoms with Gasteiger partial charge in [-0.3, -0.25) is 4.79 Å². The maximum absolute atomic E-state index is 13.1. The Kier molecular flexibility index (Phi) is 4.14. The zero-order valence-electron chi connectivity index (χ0n) is 10.8. The summed E-state index contributed by atoms with van der Waals surface area (Å²) in [5.74, 6) is -1.88. The Bertz CT molecular complexity index is 458. The Morgan fingerprint density at radius 3 is 2.58 bits per heavy atom. The number of amides is 1. The summed E-state index contributed by atoms with van der Waals surface area (Å²) in [4.78, 5) is 13.7. The number of hydrogen-bond donors (Lipinski definition) is 1. The van der Waals surface area contributed by atoms with Crippen molar-refractivity contribution in [2.45, 2.75) is 25.9 Å². The molecule has 1 aliphatic heterocycles. The normalized spacial score (nSPS) is 23.5. The van der Waals surface area contributed by atoms with E-state index in [0.717, 1.165) is 24.6 Å². The summed E-state index contributed by atoms with van der Waals surface area (Å²) in [6.07, 6.45) is 0.864. The van der Waals surface area contributed by atoms with Gasteiger partial charge in [0.25, 0.3) is 5.91 Å². The predicted molar refractivity (Wildman–Crippen MR) is 66.7 cm³/mol.